The van der Waals surface area contributed by atoms with Gasteiger partial charge in [-0.2, -0.15) is 10.2 Å². The number of hydrogen-bond acceptors (Lipinski definition) is 3. The predicted molar refractivity (Wildman–Crippen MR) is 50.3 cm³/mol. The minimum absolute atomic E-state index is 0.733. The molecule has 0 aliphatic rings. The predicted octanol–water partition coefficient (Wildman–Crippen LogP) is 0.516. The summed E-state index contributed by atoms with van der Waals surface area (Å²) in [7, 11) is 0. The lowest BCUT2D eigenvalue weighted by atomic mass is 10.3. The minimum atomic E-state index is 0.733. The summed E-state index contributed by atoms with van der Waals surface area (Å²) in [5.74, 6) is 0. The number of nitrogens with zero attached hydrogens (tertiary/aromatic N) is 4. The van der Waals surface area contributed by atoms with Gasteiger partial charge in [0.1, 0.15) is 5.69 Å². The van der Waals surface area contributed by atoms with Gasteiger partial charge in [-0.15, -0.1) is 0 Å². The van der Waals surface area contributed by atoms with Gasteiger partial charge < -0.3 is 0 Å². The zero-order valence-electron chi connectivity index (χ0n) is 7.96. The van der Waals surface area contributed by atoms with Gasteiger partial charge in [0, 0.05) is 11.6 Å². The van der Waals surface area contributed by atoms with E-state index in [2.05, 4.69) is 15.3 Å². The molecular formula is C10H11N4+. The Morgan fingerprint density at radius 3 is 2.93 bits per heavy atom. The third-order valence-corrected chi connectivity index (χ3v) is 1.87. The molecule has 0 amide bonds. The summed E-state index contributed by atoms with van der Waals surface area (Å²) >= 11 is 0. The van der Waals surface area contributed by atoms with Crippen LogP contribution in [0.15, 0.2) is 36.8 Å². The van der Waals surface area contributed by atoms with E-state index >= 15 is 0 Å². The highest BCUT2D eigenvalue weighted by atomic mass is 15.3. The fourth-order valence-corrected chi connectivity index (χ4v) is 1.24. The normalized spacial score (nSPS) is 10.1. The van der Waals surface area contributed by atoms with E-state index in [4.69, 9.17) is 0 Å². The Bertz CT molecular complexity index is 413. The van der Waals surface area contributed by atoms with Crippen LogP contribution < -0.4 is 4.68 Å². The maximum Gasteiger partial charge on any atom is 0.201 e. The minimum Gasteiger partial charge on any atom is -0.159 e. The molecule has 0 bridgehead atoms. The molecule has 0 atom stereocenters. The summed E-state index contributed by atoms with van der Waals surface area (Å²) < 4.78 is 1.88. The average Bonchev–Trinajstić information content (AvgIpc) is 2.19. The summed E-state index contributed by atoms with van der Waals surface area (Å²) in [6, 6.07) is 5.89. The Hall–Kier alpha value is -1.84. The smallest absolute Gasteiger partial charge is 0.159 e. The van der Waals surface area contributed by atoms with Gasteiger partial charge in [-0.3, -0.25) is 0 Å². The van der Waals surface area contributed by atoms with Crippen LogP contribution in [0.2, 0.25) is 0 Å². The van der Waals surface area contributed by atoms with Gasteiger partial charge in [0.2, 0.25) is 6.54 Å². The molecule has 2 rings (SSSR count). The molecule has 0 aromatic carbocycles. The van der Waals surface area contributed by atoms with Crippen molar-refractivity contribution < 1.29 is 4.68 Å². The fraction of sp³-hybridized carbons (Fsp3) is 0.200. The summed E-state index contributed by atoms with van der Waals surface area (Å²) in [5.41, 5.74) is 2.11. The highest BCUT2D eigenvalue weighted by Gasteiger charge is 2.03. The molecule has 0 radical (unpaired) electrons. The van der Waals surface area contributed by atoms with Gasteiger partial charge in [0.05, 0.1) is 12.4 Å². The molecule has 0 unspecified atom stereocenters. The van der Waals surface area contributed by atoms with Crippen LogP contribution in [-0.2, 0) is 6.54 Å². The average molecular weight is 187 g/mol. The largest absolute Gasteiger partial charge is 0.201 e. The Morgan fingerprint density at radius 2 is 2.21 bits per heavy atom. The first kappa shape index (κ1) is 8.74. The molecule has 0 aliphatic heterocycles. The highest BCUT2D eigenvalue weighted by Crippen LogP contribution is 1.92. The fourth-order valence-electron chi connectivity index (χ4n) is 1.24. The summed E-state index contributed by atoms with van der Waals surface area (Å²) in [4.78, 5) is 0. The van der Waals surface area contributed by atoms with Gasteiger partial charge in [0.25, 0.3) is 0 Å². The lowest BCUT2D eigenvalue weighted by Gasteiger charge is -1.94. The summed E-state index contributed by atoms with van der Waals surface area (Å²) in [6.07, 6.45) is 5.37. The third-order valence-electron chi connectivity index (χ3n) is 1.87. The Kier molecular flexibility index (Phi) is 2.44. The number of aromatic nitrogens is 4. The van der Waals surface area contributed by atoms with E-state index in [1.54, 1.807) is 12.4 Å². The van der Waals surface area contributed by atoms with Crippen molar-refractivity contribution in [1.29, 1.82) is 0 Å². The maximum atomic E-state index is 4.34. The Balaban J connectivity index is 2.19. The van der Waals surface area contributed by atoms with Crippen molar-refractivity contribution in [3.8, 4) is 0 Å². The molecule has 2 aromatic heterocycles. The van der Waals surface area contributed by atoms with Crippen molar-refractivity contribution in [2.24, 2.45) is 0 Å². The first-order valence-electron chi connectivity index (χ1n) is 4.43. The molecule has 4 nitrogen and oxygen atoms in total. The van der Waals surface area contributed by atoms with Crippen LogP contribution in [0.1, 0.15) is 11.3 Å². The zero-order valence-corrected chi connectivity index (χ0v) is 7.96. The van der Waals surface area contributed by atoms with Crippen molar-refractivity contribution in [2.75, 3.05) is 0 Å². The Labute approximate surface area is 82.2 Å². The zero-order chi connectivity index (χ0) is 9.80. The standard InChI is InChI=1S/C10H11N4/c1-9-3-2-6-14(13-9)8-10-4-5-11-12-7-10/h2-7H,8H2,1H3/q+1. The van der Waals surface area contributed by atoms with Crippen molar-refractivity contribution in [3.63, 3.8) is 0 Å². The summed E-state index contributed by atoms with van der Waals surface area (Å²) in [6.45, 7) is 2.71. The topological polar surface area (TPSA) is 42.5 Å². The van der Waals surface area contributed by atoms with Crippen LogP contribution in [0.25, 0.3) is 0 Å². The first-order chi connectivity index (χ1) is 6.84. The molecule has 2 heterocycles. The molecule has 2 aromatic rings. The third kappa shape index (κ3) is 2.10. The van der Waals surface area contributed by atoms with Crippen molar-refractivity contribution in [2.45, 2.75) is 13.5 Å². The number of rotatable bonds is 2. The maximum absolute atomic E-state index is 4.34. The van der Waals surface area contributed by atoms with Crippen LogP contribution in [0.3, 0.4) is 0 Å². The van der Waals surface area contributed by atoms with Crippen molar-refractivity contribution in [3.05, 3.63) is 48.0 Å². The molecule has 0 fully saturated rings. The molecular weight excluding hydrogens is 176 g/mol. The second-order valence-electron chi connectivity index (χ2n) is 3.10. The van der Waals surface area contributed by atoms with Crippen molar-refractivity contribution >= 4 is 0 Å². The number of aryl methyl sites for hydroxylation is 1. The van der Waals surface area contributed by atoms with Crippen LogP contribution in [0.4, 0.5) is 0 Å². The lowest BCUT2D eigenvalue weighted by molar-refractivity contribution is -0.746. The second kappa shape index (κ2) is 3.91. The van der Waals surface area contributed by atoms with Crippen LogP contribution >= 0.6 is 0 Å². The van der Waals surface area contributed by atoms with E-state index in [1.807, 2.05) is 36.0 Å². The van der Waals surface area contributed by atoms with Crippen LogP contribution in [0.5, 0.6) is 0 Å². The SMILES string of the molecule is Cc1ccc[n+](Cc2ccnnc2)n1. The van der Waals surface area contributed by atoms with Gasteiger partial charge in [-0.1, -0.05) is 4.68 Å². The summed E-state index contributed by atoms with van der Waals surface area (Å²) in [5, 5.41) is 11.9. The monoisotopic (exact) mass is 187 g/mol. The molecule has 14 heavy (non-hydrogen) atoms. The van der Waals surface area contributed by atoms with E-state index in [-0.39, 0.29) is 0 Å². The molecule has 0 spiro atoms. The van der Waals surface area contributed by atoms with E-state index in [1.165, 1.54) is 0 Å². The molecule has 0 saturated carbocycles. The highest BCUT2D eigenvalue weighted by molar-refractivity contribution is 5.02. The molecule has 4 heteroatoms. The van der Waals surface area contributed by atoms with E-state index in [0.29, 0.717) is 0 Å². The van der Waals surface area contributed by atoms with E-state index < -0.39 is 0 Å². The quantitative estimate of drug-likeness (QED) is 0.643. The lowest BCUT2D eigenvalue weighted by Crippen LogP contribution is -2.38. The van der Waals surface area contributed by atoms with Crippen molar-refractivity contribution in [1.82, 2.24) is 15.3 Å². The molecule has 0 aliphatic carbocycles. The van der Waals surface area contributed by atoms with Gasteiger partial charge >= 0.3 is 0 Å². The van der Waals surface area contributed by atoms with E-state index in [0.717, 1.165) is 17.8 Å². The van der Waals surface area contributed by atoms with E-state index in [9.17, 15) is 0 Å². The van der Waals surface area contributed by atoms with Crippen LogP contribution in [0, 0.1) is 6.92 Å². The molecule has 0 saturated heterocycles. The molecule has 70 valence electrons. The number of hydrogen-bond donors (Lipinski definition) is 0. The van der Waals surface area contributed by atoms with Gasteiger partial charge in [-0.25, -0.2) is 0 Å². The van der Waals surface area contributed by atoms with Gasteiger partial charge in [-0.05, 0) is 24.2 Å². The first-order valence-corrected chi connectivity index (χ1v) is 4.43. The second-order valence-corrected chi connectivity index (χ2v) is 3.10. The van der Waals surface area contributed by atoms with Crippen LogP contribution in [-0.4, -0.2) is 15.3 Å². The van der Waals surface area contributed by atoms with Gasteiger partial charge in [0.15, 0.2) is 6.20 Å². The Morgan fingerprint density at radius 1 is 1.29 bits per heavy atom. The molecule has 0 N–H and O–H groups in total.